The maximum atomic E-state index is 5.64. The molecule has 0 aliphatic rings. The zero-order valence-corrected chi connectivity index (χ0v) is 11.1. The summed E-state index contributed by atoms with van der Waals surface area (Å²) in [6, 6.07) is 5.27. The molecular weight excluding hydrogens is 256 g/mol. The molecule has 4 heteroatoms. The van der Waals surface area contributed by atoms with Crippen LogP contribution in [0.1, 0.15) is 5.56 Å². The van der Waals surface area contributed by atoms with Crippen LogP contribution in [0, 0.1) is 6.92 Å². The number of hydrogen-bond acceptors (Lipinski definition) is 0. The summed E-state index contributed by atoms with van der Waals surface area (Å²) in [5, 5.41) is 1.13. The third-order valence-electron chi connectivity index (χ3n) is 0.984. The van der Waals surface area contributed by atoms with E-state index in [9.17, 15) is 0 Å². The van der Waals surface area contributed by atoms with Crippen molar-refractivity contribution in [1.82, 2.24) is 0 Å². The predicted octanol–water partition coefficient (Wildman–Crippen LogP) is 3.59. The van der Waals surface area contributed by atoms with E-state index < -0.39 is 0 Å². The van der Waals surface area contributed by atoms with E-state index in [1.54, 1.807) is 12.1 Å². The fourth-order valence-electron chi connectivity index (χ4n) is 0.540. The third-order valence-corrected chi connectivity index (χ3v) is 1.72. The average Bonchev–Trinajstić information content (AvgIpc) is 1.80. The van der Waals surface area contributed by atoms with Gasteiger partial charge in [-0.15, -0.1) is 18.5 Å². The van der Waals surface area contributed by atoms with Crippen LogP contribution in [-0.4, -0.2) is 0 Å². The van der Waals surface area contributed by atoms with Crippen LogP contribution < -0.4 is 0 Å². The van der Waals surface area contributed by atoms with E-state index in [0.29, 0.717) is 10.0 Å². The van der Waals surface area contributed by atoms with Gasteiger partial charge in [-0.3, -0.25) is 0 Å². The second-order valence-electron chi connectivity index (χ2n) is 1.75. The third kappa shape index (κ3) is 4.23. The largest absolute Gasteiger partial charge is 0.199 e. The molecule has 0 heterocycles. The molecule has 0 unspecified atom stereocenters. The van der Waals surface area contributed by atoms with Crippen molar-refractivity contribution in [2.75, 3.05) is 0 Å². The molecule has 11 heavy (non-hydrogen) atoms. The summed E-state index contributed by atoms with van der Waals surface area (Å²) in [4.78, 5) is 0. The van der Waals surface area contributed by atoms with Gasteiger partial charge in [-0.05, 0) is 0 Å². The summed E-state index contributed by atoms with van der Waals surface area (Å²) in [5.41, 5.74) is 0.879. The zero-order chi connectivity index (χ0) is 6.85. The predicted molar refractivity (Wildman–Crippen MR) is 48.2 cm³/mol. The molecule has 0 radical (unpaired) electrons. The van der Waals surface area contributed by atoms with Crippen molar-refractivity contribution >= 4 is 35.6 Å². The van der Waals surface area contributed by atoms with Gasteiger partial charge in [0.05, 0.1) is 0 Å². The molecule has 0 aliphatic carbocycles. The Bertz CT molecular complexity index is 225. The van der Waals surface area contributed by atoms with Crippen LogP contribution in [0.15, 0.2) is 18.2 Å². The molecule has 58 valence electrons. The molecule has 0 atom stereocenters. The van der Waals surface area contributed by atoms with Gasteiger partial charge in [0, 0.05) is 29.5 Å². The van der Waals surface area contributed by atoms with Crippen LogP contribution in [0.2, 0.25) is 10.0 Å². The molecule has 1 aromatic rings. The number of halogens is 3. The van der Waals surface area contributed by atoms with Crippen molar-refractivity contribution in [3.05, 3.63) is 40.7 Å². The molecule has 0 saturated carbocycles. The Morgan fingerprint density at radius 2 is 1.64 bits per heavy atom. The fraction of sp³-hybridized carbons (Fsp3) is 0. The second kappa shape index (κ2) is 6.14. The van der Waals surface area contributed by atoms with Crippen molar-refractivity contribution in [2.45, 2.75) is 0 Å². The van der Waals surface area contributed by atoms with Gasteiger partial charge in [-0.25, -0.2) is 0 Å². The molecule has 0 aliphatic heterocycles. The summed E-state index contributed by atoms with van der Waals surface area (Å²) in [7, 11) is 0. The first-order valence-corrected chi connectivity index (χ1v) is 3.23. The number of hydrogen-bond donors (Lipinski definition) is 0. The molecule has 0 fully saturated rings. The van der Waals surface area contributed by atoms with Gasteiger partial charge in [0.1, 0.15) is 0 Å². The summed E-state index contributed by atoms with van der Waals surface area (Å²) in [6.07, 6.45) is 0. The van der Waals surface area contributed by atoms with Gasteiger partial charge in [-0.1, -0.05) is 29.3 Å². The second-order valence-corrected chi connectivity index (χ2v) is 2.56. The summed E-state index contributed by atoms with van der Waals surface area (Å²) in [5.74, 6) is 0. The van der Waals surface area contributed by atoms with Crippen LogP contribution in [0.3, 0.4) is 0 Å². The first-order valence-electron chi connectivity index (χ1n) is 2.47. The topological polar surface area (TPSA) is 0 Å². The molecule has 0 aromatic heterocycles. The van der Waals surface area contributed by atoms with Gasteiger partial charge < -0.3 is 0 Å². The Kier molecular flexibility index (Phi) is 7.88. The van der Waals surface area contributed by atoms with E-state index in [2.05, 4.69) is 6.92 Å². The maximum Gasteiger partial charge on any atom is 0.0348 e. The van der Waals surface area contributed by atoms with Crippen LogP contribution in [0.25, 0.3) is 0 Å². The molecule has 0 saturated heterocycles. The minimum atomic E-state index is 0. The Hall–Kier alpha value is 0.583. The van der Waals surface area contributed by atoms with Crippen LogP contribution in [-0.2, 0) is 19.5 Å². The van der Waals surface area contributed by atoms with E-state index in [0.717, 1.165) is 5.56 Å². The maximum absolute atomic E-state index is 5.64. The van der Waals surface area contributed by atoms with Crippen molar-refractivity contribution < 1.29 is 19.5 Å². The van der Waals surface area contributed by atoms with Gasteiger partial charge in [-0.2, -0.15) is 18.6 Å². The van der Waals surface area contributed by atoms with E-state index in [-0.39, 0.29) is 31.9 Å². The standard InChI is InChI=1S/C7H5Cl2.ClH.Zn/c1-5-2-3-6(8)7(9)4-5;;/h2-4H,1H2;1H;/q-1;;. The van der Waals surface area contributed by atoms with Gasteiger partial charge >= 0.3 is 0 Å². The van der Waals surface area contributed by atoms with Crippen LogP contribution in [0.4, 0.5) is 0 Å². The van der Waals surface area contributed by atoms with E-state index in [1.165, 1.54) is 0 Å². The molecule has 0 amide bonds. The van der Waals surface area contributed by atoms with E-state index >= 15 is 0 Å². The SMILES string of the molecule is Cl.[CH2-]c1ccc(Cl)c(Cl)c1.[Zn]. The van der Waals surface area contributed by atoms with Crippen LogP contribution in [0.5, 0.6) is 0 Å². The van der Waals surface area contributed by atoms with Gasteiger partial charge in [0.15, 0.2) is 0 Å². The fourth-order valence-corrected chi connectivity index (χ4v) is 0.860. The molecule has 0 nitrogen and oxygen atoms in total. The monoisotopic (exact) mass is 259 g/mol. The quantitative estimate of drug-likeness (QED) is 0.495. The number of rotatable bonds is 0. The smallest absolute Gasteiger partial charge is 0.0348 e. The summed E-state index contributed by atoms with van der Waals surface area (Å²) >= 11 is 11.3. The minimum absolute atomic E-state index is 0. The van der Waals surface area contributed by atoms with Gasteiger partial charge in [0.25, 0.3) is 0 Å². The van der Waals surface area contributed by atoms with Gasteiger partial charge in [0.2, 0.25) is 0 Å². The minimum Gasteiger partial charge on any atom is -0.199 e. The Labute approximate surface area is 95.4 Å². The van der Waals surface area contributed by atoms with Crippen molar-refractivity contribution in [3.63, 3.8) is 0 Å². The van der Waals surface area contributed by atoms with E-state index in [1.807, 2.05) is 6.07 Å². The molecule has 0 bridgehead atoms. The molecule has 1 aromatic carbocycles. The van der Waals surface area contributed by atoms with E-state index in [4.69, 9.17) is 23.2 Å². The molecule has 0 spiro atoms. The molecule has 1 rings (SSSR count). The Morgan fingerprint density at radius 3 is 2.00 bits per heavy atom. The molecular formula is C7H6Cl3Zn-. The summed E-state index contributed by atoms with van der Waals surface area (Å²) < 4.78 is 0. The van der Waals surface area contributed by atoms with Crippen LogP contribution >= 0.6 is 35.6 Å². The first kappa shape index (κ1) is 14.1. The average molecular weight is 262 g/mol. The Balaban J connectivity index is 0. The Morgan fingerprint density at radius 1 is 1.09 bits per heavy atom. The van der Waals surface area contributed by atoms with Crippen molar-refractivity contribution in [1.29, 1.82) is 0 Å². The zero-order valence-electron chi connectivity index (χ0n) is 5.81. The first-order chi connectivity index (χ1) is 4.20. The normalized spacial score (nSPS) is 7.82. The molecule has 0 N–H and O–H groups in total. The summed E-state index contributed by atoms with van der Waals surface area (Å²) in [6.45, 7) is 3.68. The number of benzene rings is 1. The van der Waals surface area contributed by atoms with Crippen molar-refractivity contribution in [2.24, 2.45) is 0 Å². The van der Waals surface area contributed by atoms with Crippen molar-refractivity contribution in [3.8, 4) is 0 Å².